The summed E-state index contributed by atoms with van der Waals surface area (Å²) in [5.74, 6) is 0.677. The van der Waals surface area contributed by atoms with Crippen molar-refractivity contribution in [2.45, 2.75) is 51.8 Å². The molecule has 124 valence electrons. The first-order valence-electron chi connectivity index (χ1n) is 7.80. The Bertz CT molecular complexity index is 501. The van der Waals surface area contributed by atoms with Gasteiger partial charge in [0.2, 0.25) is 0 Å². The third kappa shape index (κ3) is 4.99. The fourth-order valence-electron chi connectivity index (χ4n) is 2.45. The lowest BCUT2D eigenvalue weighted by atomic mass is 10.1. The normalized spacial score (nSPS) is 16.5. The van der Waals surface area contributed by atoms with Crippen molar-refractivity contribution in [2.24, 2.45) is 7.05 Å². The second-order valence-electron chi connectivity index (χ2n) is 6.67. The van der Waals surface area contributed by atoms with Crippen LogP contribution >= 0.6 is 0 Å². The lowest BCUT2D eigenvalue weighted by molar-refractivity contribution is 0.0634. The zero-order chi connectivity index (χ0) is 16.2. The van der Waals surface area contributed by atoms with E-state index in [0.29, 0.717) is 18.4 Å². The number of hydrogen-bond acceptors (Lipinski definition) is 5. The molecule has 22 heavy (non-hydrogen) atoms. The number of aromatic nitrogens is 2. The molecule has 0 unspecified atom stereocenters. The molecule has 1 saturated heterocycles. The number of rotatable bonds is 4. The Balaban J connectivity index is 1.93. The summed E-state index contributed by atoms with van der Waals surface area (Å²) >= 11 is 0. The van der Waals surface area contributed by atoms with E-state index in [9.17, 15) is 4.79 Å². The van der Waals surface area contributed by atoms with Gasteiger partial charge in [0.05, 0.1) is 6.20 Å². The van der Waals surface area contributed by atoms with Gasteiger partial charge in [-0.3, -0.25) is 10.00 Å². The van der Waals surface area contributed by atoms with Gasteiger partial charge in [0.1, 0.15) is 11.4 Å². The number of nitrogens with zero attached hydrogens (tertiary/aromatic N) is 2. The Kier molecular flexibility index (Phi) is 5.42. The van der Waals surface area contributed by atoms with Gasteiger partial charge < -0.3 is 15.4 Å². The largest absolute Gasteiger partial charge is 0.444 e. The first-order valence-corrected chi connectivity index (χ1v) is 7.80. The van der Waals surface area contributed by atoms with Gasteiger partial charge in [-0.2, -0.15) is 5.10 Å². The Morgan fingerprint density at radius 1 is 1.45 bits per heavy atom. The predicted octanol–water partition coefficient (Wildman–Crippen LogP) is 1.61. The van der Waals surface area contributed by atoms with Crippen LogP contribution in [0.15, 0.2) is 6.20 Å². The van der Waals surface area contributed by atoms with Crippen molar-refractivity contribution < 1.29 is 9.53 Å². The highest BCUT2D eigenvalue weighted by atomic mass is 16.6. The van der Waals surface area contributed by atoms with E-state index in [-0.39, 0.29) is 0 Å². The number of aryl methyl sites for hydroxylation is 1. The number of nitrogens with one attached hydrogen (secondary N) is 3. The maximum Gasteiger partial charge on any atom is 0.413 e. The molecule has 1 fully saturated rings. The Hall–Kier alpha value is -1.60. The summed E-state index contributed by atoms with van der Waals surface area (Å²) in [6, 6.07) is 0.510. The number of piperidine rings is 1. The van der Waals surface area contributed by atoms with Crippen LogP contribution in [0.25, 0.3) is 0 Å². The van der Waals surface area contributed by atoms with Crippen LogP contribution in [0.2, 0.25) is 0 Å². The number of carbonyl (C=O) groups is 1. The van der Waals surface area contributed by atoms with Crippen molar-refractivity contribution in [3.05, 3.63) is 11.8 Å². The smallest absolute Gasteiger partial charge is 0.413 e. The molecule has 0 atom stereocenters. The van der Waals surface area contributed by atoms with Crippen LogP contribution in [-0.4, -0.2) is 40.6 Å². The first-order chi connectivity index (χ1) is 10.3. The van der Waals surface area contributed by atoms with Crippen molar-refractivity contribution in [1.29, 1.82) is 0 Å². The van der Waals surface area contributed by atoms with Gasteiger partial charge in [-0.05, 0) is 46.7 Å². The summed E-state index contributed by atoms with van der Waals surface area (Å²) in [6.45, 7) is 8.31. The minimum atomic E-state index is -0.518. The van der Waals surface area contributed by atoms with Gasteiger partial charge in [0.25, 0.3) is 0 Å². The van der Waals surface area contributed by atoms with Crippen LogP contribution in [0.3, 0.4) is 0 Å². The van der Waals surface area contributed by atoms with E-state index in [4.69, 9.17) is 4.74 Å². The molecule has 2 heterocycles. The maximum atomic E-state index is 11.9. The number of carbonyl (C=O) groups excluding carboxylic acids is 1. The van der Waals surface area contributed by atoms with E-state index < -0.39 is 11.7 Å². The first kappa shape index (κ1) is 16.8. The quantitative estimate of drug-likeness (QED) is 0.787. The maximum absolute atomic E-state index is 11.9. The Morgan fingerprint density at radius 2 is 2.14 bits per heavy atom. The Morgan fingerprint density at radius 3 is 2.77 bits per heavy atom. The molecule has 0 aromatic carbocycles. The van der Waals surface area contributed by atoms with Gasteiger partial charge in [-0.25, -0.2) is 4.79 Å². The second kappa shape index (κ2) is 7.11. The predicted molar refractivity (Wildman–Crippen MR) is 85.8 cm³/mol. The summed E-state index contributed by atoms with van der Waals surface area (Å²) in [7, 11) is 1.81. The Labute approximate surface area is 131 Å². The van der Waals surface area contributed by atoms with E-state index in [0.717, 1.165) is 31.5 Å². The number of amides is 1. The van der Waals surface area contributed by atoms with Crippen LogP contribution in [0.4, 0.5) is 10.6 Å². The van der Waals surface area contributed by atoms with E-state index in [1.807, 2.05) is 20.8 Å². The molecule has 0 bridgehead atoms. The lowest BCUT2D eigenvalue weighted by Crippen LogP contribution is -2.39. The fraction of sp³-hybridized carbons (Fsp3) is 0.733. The van der Waals surface area contributed by atoms with Crippen LogP contribution < -0.4 is 16.0 Å². The average molecular weight is 309 g/mol. The lowest BCUT2D eigenvalue weighted by Gasteiger charge is -2.24. The molecule has 0 radical (unpaired) electrons. The number of hydrogen-bond donors (Lipinski definition) is 3. The highest BCUT2D eigenvalue weighted by Gasteiger charge is 2.19. The standard InChI is InChI=1S/C15H27N5O2/c1-15(2,3)22-14(21)19-13-11(10-18-20(13)4)9-17-12-5-7-16-8-6-12/h10,12,16-17H,5-9H2,1-4H3,(H,19,21). The van der Waals surface area contributed by atoms with Crippen molar-refractivity contribution in [1.82, 2.24) is 20.4 Å². The average Bonchev–Trinajstić information content (AvgIpc) is 2.77. The van der Waals surface area contributed by atoms with Crippen molar-refractivity contribution in [2.75, 3.05) is 18.4 Å². The van der Waals surface area contributed by atoms with Crippen molar-refractivity contribution in [3.63, 3.8) is 0 Å². The second-order valence-corrected chi connectivity index (χ2v) is 6.67. The molecular formula is C15H27N5O2. The molecule has 1 aromatic rings. The summed E-state index contributed by atoms with van der Waals surface area (Å²) in [5, 5.41) is 13.9. The summed E-state index contributed by atoms with van der Waals surface area (Å²) in [6.07, 6.45) is 3.56. The van der Waals surface area contributed by atoms with Crippen molar-refractivity contribution >= 4 is 11.9 Å². The number of ether oxygens (including phenoxy) is 1. The van der Waals surface area contributed by atoms with Gasteiger partial charge in [-0.15, -0.1) is 0 Å². The molecule has 2 rings (SSSR count). The third-order valence-electron chi connectivity index (χ3n) is 3.55. The molecule has 1 aromatic heterocycles. The minimum absolute atomic E-state index is 0.459. The molecule has 7 nitrogen and oxygen atoms in total. The van der Waals surface area contributed by atoms with Crippen LogP contribution in [0, 0.1) is 0 Å². The van der Waals surface area contributed by atoms with E-state index in [1.165, 1.54) is 0 Å². The molecule has 0 spiro atoms. The summed E-state index contributed by atoms with van der Waals surface area (Å²) < 4.78 is 6.95. The zero-order valence-corrected chi connectivity index (χ0v) is 13.9. The van der Waals surface area contributed by atoms with Crippen LogP contribution in [0.1, 0.15) is 39.2 Å². The van der Waals surface area contributed by atoms with Gasteiger partial charge in [-0.1, -0.05) is 0 Å². The van der Waals surface area contributed by atoms with Gasteiger partial charge in [0, 0.05) is 25.2 Å². The van der Waals surface area contributed by atoms with E-state index >= 15 is 0 Å². The molecule has 1 aliphatic heterocycles. The summed E-state index contributed by atoms with van der Waals surface area (Å²) in [5.41, 5.74) is 0.447. The molecular weight excluding hydrogens is 282 g/mol. The highest BCUT2D eigenvalue weighted by Crippen LogP contribution is 2.17. The van der Waals surface area contributed by atoms with Crippen molar-refractivity contribution in [3.8, 4) is 0 Å². The molecule has 1 amide bonds. The number of anilines is 1. The molecule has 1 aliphatic rings. The van der Waals surface area contributed by atoms with Crippen LogP contribution in [0.5, 0.6) is 0 Å². The van der Waals surface area contributed by atoms with Gasteiger partial charge >= 0.3 is 6.09 Å². The van der Waals surface area contributed by atoms with E-state index in [1.54, 1.807) is 17.9 Å². The van der Waals surface area contributed by atoms with Crippen LogP contribution in [-0.2, 0) is 18.3 Å². The zero-order valence-electron chi connectivity index (χ0n) is 13.9. The SMILES string of the molecule is Cn1ncc(CNC2CCNCC2)c1NC(=O)OC(C)(C)C. The van der Waals surface area contributed by atoms with E-state index in [2.05, 4.69) is 21.0 Å². The molecule has 7 heteroatoms. The van der Waals surface area contributed by atoms with Gasteiger partial charge in [0.15, 0.2) is 0 Å². The molecule has 3 N–H and O–H groups in total. The third-order valence-corrected chi connectivity index (χ3v) is 3.55. The topological polar surface area (TPSA) is 80.2 Å². The molecule has 0 saturated carbocycles. The molecule has 0 aliphatic carbocycles. The minimum Gasteiger partial charge on any atom is -0.444 e. The monoisotopic (exact) mass is 309 g/mol. The fourth-order valence-corrected chi connectivity index (χ4v) is 2.45. The summed E-state index contributed by atoms with van der Waals surface area (Å²) in [4.78, 5) is 11.9. The highest BCUT2D eigenvalue weighted by molar-refractivity contribution is 5.84.